The molecule has 2 fully saturated rings. The third-order valence-corrected chi connectivity index (χ3v) is 4.78. The van der Waals surface area contributed by atoms with Crippen molar-refractivity contribution in [3.63, 3.8) is 0 Å². The number of rotatable bonds is 6. The van der Waals surface area contributed by atoms with Crippen molar-refractivity contribution in [2.75, 3.05) is 11.9 Å². The van der Waals surface area contributed by atoms with Crippen LogP contribution in [0.3, 0.4) is 0 Å². The summed E-state index contributed by atoms with van der Waals surface area (Å²) in [6.45, 7) is 4.77. The second-order valence-corrected chi connectivity index (χ2v) is 6.81. The quantitative estimate of drug-likeness (QED) is 0.876. The van der Waals surface area contributed by atoms with Gasteiger partial charge in [0.15, 0.2) is 0 Å². The van der Waals surface area contributed by atoms with E-state index < -0.39 is 0 Å². The molecule has 0 bridgehead atoms. The van der Waals surface area contributed by atoms with Gasteiger partial charge in [-0.15, -0.1) is 0 Å². The normalized spacial score (nSPS) is 18.9. The molecule has 110 valence electrons. The number of aromatic nitrogens is 2. The van der Waals surface area contributed by atoms with E-state index in [1.54, 1.807) is 6.20 Å². The first kappa shape index (κ1) is 13.9. The molecule has 2 aliphatic carbocycles. The van der Waals surface area contributed by atoms with E-state index in [9.17, 15) is 4.79 Å². The van der Waals surface area contributed by atoms with Crippen LogP contribution in [-0.4, -0.2) is 16.3 Å². The summed E-state index contributed by atoms with van der Waals surface area (Å²) in [5, 5.41) is 7.81. The molecule has 3 rings (SSSR count). The van der Waals surface area contributed by atoms with E-state index in [-0.39, 0.29) is 16.6 Å². The summed E-state index contributed by atoms with van der Waals surface area (Å²) >= 11 is 6.18. The van der Waals surface area contributed by atoms with Gasteiger partial charge in [-0.1, -0.05) is 11.6 Å². The van der Waals surface area contributed by atoms with E-state index in [0.717, 1.165) is 24.3 Å². The Morgan fingerprint density at radius 1 is 1.35 bits per heavy atom. The monoisotopic (exact) mass is 295 g/mol. The van der Waals surface area contributed by atoms with Gasteiger partial charge in [0, 0.05) is 6.54 Å². The molecule has 1 N–H and O–H groups in total. The standard InChI is InChI=1S/C15H22ClN3O/c1-9(2)19-15(20)14(16)13(8-18-19)17-7-12(10-3-4-10)11-5-6-11/h8-12,17H,3-7H2,1-2H3. The highest BCUT2D eigenvalue weighted by Gasteiger charge is 2.41. The number of hydrogen-bond acceptors (Lipinski definition) is 3. The number of hydrogen-bond donors (Lipinski definition) is 1. The molecular formula is C15H22ClN3O. The Morgan fingerprint density at radius 3 is 2.45 bits per heavy atom. The third kappa shape index (κ3) is 2.85. The molecule has 0 spiro atoms. The first-order chi connectivity index (χ1) is 9.58. The first-order valence-corrected chi connectivity index (χ1v) is 7.97. The minimum absolute atomic E-state index is 0.0275. The zero-order valence-corrected chi connectivity index (χ0v) is 12.9. The third-order valence-electron chi connectivity index (χ3n) is 4.42. The summed E-state index contributed by atoms with van der Waals surface area (Å²) in [4.78, 5) is 12.1. The van der Waals surface area contributed by atoms with Crippen molar-refractivity contribution in [2.24, 2.45) is 17.8 Å². The van der Waals surface area contributed by atoms with Gasteiger partial charge >= 0.3 is 0 Å². The molecular weight excluding hydrogens is 274 g/mol. The van der Waals surface area contributed by atoms with E-state index in [4.69, 9.17) is 11.6 Å². The van der Waals surface area contributed by atoms with Crippen molar-refractivity contribution < 1.29 is 0 Å². The Hall–Kier alpha value is -1.03. The van der Waals surface area contributed by atoms with Gasteiger partial charge in [0.1, 0.15) is 5.02 Å². The Kier molecular flexibility index (Phi) is 3.76. The predicted octanol–water partition coefficient (Wildman–Crippen LogP) is 3.33. The van der Waals surface area contributed by atoms with Crippen molar-refractivity contribution >= 4 is 17.3 Å². The molecule has 1 aromatic heterocycles. The van der Waals surface area contributed by atoms with Gasteiger partial charge in [-0.25, -0.2) is 4.68 Å². The SMILES string of the molecule is CC(C)n1ncc(NCC(C2CC2)C2CC2)c(Cl)c1=O. The molecule has 0 atom stereocenters. The van der Waals surface area contributed by atoms with Crippen LogP contribution in [0.4, 0.5) is 5.69 Å². The topological polar surface area (TPSA) is 46.9 Å². The fourth-order valence-electron chi connectivity index (χ4n) is 2.93. The van der Waals surface area contributed by atoms with Crippen LogP contribution < -0.4 is 10.9 Å². The van der Waals surface area contributed by atoms with E-state index in [2.05, 4.69) is 10.4 Å². The maximum Gasteiger partial charge on any atom is 0.287 e. The van der Waals surface area contributed by atoms with Gasteiger partial charge in [0.05, 0.1) is 17.9 Å². The molecule has 0 amide bonds. The molecule has 0 aromatic carbocycles. The lowest BCUT2D eigenvalue weighted by Crippen LogP contribution is -2.27. The fraction of sp³-hybridized carbons (Fsp3) is 0.733. The number of nitrogens with one attached hydrogen (secondary N) is 1. The van der Waals surface area contributed by atoms with Crippen LogP contribution in [0.25, 0.3) is 0 Å². The number of nitrogens with zero attached hydrogens (tertiary/aromatic N) is 2. The molecule has 0 aliphatic heterocycles. The van der Waals surface area contributed by atoms with Crippen LogP contribution in [0.2, 0.25) is 5.02 Å². The summed E-state index contributed by atoms with van der Waals surface area (Å²) in [7, 11) is 0. The maximum absolute atomic E-state index is 12.1. The van der Waals surface area contributed by atoms with Crippen molar-refractivity contribution in [2.45, 2.75) is 45.6 Å². The highest BCUT2D eigenvalue weighted by molar-refractivity contribution is 6.32. The molecule has 5 heteroatoms. The minimum atomic E-state index is -0.207. The maximum atomic E-state index is 12.1. The largest absolute Gasteiger partial charge is 0.382 e. The molecule has 4 nitrogen and oxygen atoms in total. The van der Waals surface area contributed by atoms with Crippen LogP contribution in [0, 0.1) is 17.8 Å². The molecule has 0 unspecified atom stereocenters. The molecule has 1 aromatic rings. The Morgan fingerprint density at radius 2 is 1.95 bits per heavy atom. The predicted molar refractivity (Wildman–Crippen MR) is 81.3 cm³/mol. The van der Waals surface area contributed by atoms with Gasteiger partial charge in [-0.3, -0.25) is 4.79 Å². The second kappa shape index (κ2) is 5.40. The highest BCUT2D eigenvalue weighted by Crippen LogP contribution is 2.49. The van der Waals surface area contributed by atoms with E-state index in [0.29, 0.717) is 5.69 Å². The van der Waals surface area contributed by atoms with Crippen LogP contribution >= 0.6 is 11.6 Å². The molecule has 20 heavy (non-hydrogen) atoms. The van der Waals surface area contributed by atoms with Gasteiger partial charge in [-0.2, -0.15) is 5.10 Å². The number of halogens is 1. The van der Waals surface area contributed by atoms with Crippen molar-refractivity contribution in [3.05, 3.63) is 21.6 Å². The minimum Gasteiger partial charge on any atom is -0.382 e. The van der Waals surface area contributed by atoms with Crippen LogP contribution in [-0.2, 0) is 0 Å². The fourth-order valence-corrected chi connectivity index (χ4v) is 3.13. The molecule has 2 aliphatic rings. The molecule has 0 radical (unpaired) electrons. The van der Waals surface area contributed by atoms with Crippen LogP contribution in [0.5, 0.6) is 0 Å². The summed E-state index contributed by atoms with van der Waals surface area (Å²) in [6.07, 6.45) is 7.14. The van der Waals surface area contributed by atoms with E-state index >= 15 is 0 Å². The smallest absolute Gasteiger partial charge is 0.287 e. The Balaban J connectivity index is 1.71. The lowest BCUT2D eigenvalue weighted by molar-refractivity contribution is 0.427. The molecule has 2 saturated carbocycles. The zero-order chi connectivity index (χ0) is 14.3. The summed E-state index contributed by atoms with van der Waals surface area (Å²) in [6, 6.07) is 0.0275. The van der Waals surface area contributed by atoms with Gasteiger partial charge in [-0.05, 0) is 57.3 Å². The second-order valence-electron chi connectivity index (χ2n) is 6.44. The molecule has 1 heterocycles. The van der Waals surface area contributed by atoms with E-state index in [1.807, 2.05) is 13.8 Å². The van der Waals surface area contributed by atoms with Crippen LogP contribution in [0.1, 0.15) is 45.6 Å². The van der Waals surface area contributed by atoms with Crippen LogP contribution in [0.15, 0.2) is 11.0 Å². The average molecular weight is 296 g/mol. The lowest BCUT2D eigenvalue weighted by Gasteiger charge is -2.18. The lowest BCUT2D eigenvalue weighted by atomic mass is 9.98. The van der Waals surface area contributed by atoms with Gasteiger partial charge in [0.2, 0.25) is 0 Å². The highest BCUT2D eigenvalue weighted by atomic mass is 35.5. The summed E-state index contributed by atoms with van der Waals surface area (Å²) in [5.41, 5.74) is 0.473. The summed E-state index contributed by atoms with van der Waals surface area (Å²) < 4.78 is 1.42. The first-order valence-electron chi connectivity index (χ1n) is 7.59. The van der Waals surface area contributed by atoms with Gasteiger partial charge in [0.25, 0.3) is 5.56 Å². The zero-order valence-electron chi connectivity index (χ0n) is 12.1. The van der Waals surface area contributed by atoms with Crippen molar-refractivity contribution in [1.82, 2.24) is 9.78 Å². The average Bonchev–Trinajstić information content (AvgIpc) is 3.26. The van der Waals surface area contributed by atoms with E-state index in [1.165, 1.54) is 30.4 Å². The summed E-state index contributed by atoms with van der Waals surface area (Å²) in [5.74, 6) is 2.52. The Labute approximate surface area is 124 Å². The van der Waals surface area contributed by atoms with Crippen molar-refractivity contribution in [3.8, 4) is 0 Å². The number of anilines is 1. The van der Waals surface area contributed by atoms with Crippen molar-refractivity contribution in [1.29, 1.82) is 0 Å². The molecule has 0 saturated heterocycles. The van der Waals surface area contributed by atoms with Gasteiger partial charge < -0.3 is 5.32 Å². The Bertz CT molecular complexity index is 535.